The van der Waals surface area contributed by atoms with Crippen molar-refractivity contribution < 1.29 is 6.22 Å². The highest BCUT2D eigenvalue weighted by atomic mass is 16.2. The van der Waals surface area contributed by atoms with Crippen LogP contribution in [0.5, 0.6) is 0 Å². The van der Waals surface area contributed by atoms with E-state index in [1.54, 1.807) is 13.4 Å². The molecule has 0 aromatic carbocycles. The van der Waals surface area contributed by atoms with E-state index in [9.17, 15) is 4.79 Å². The second kappa shape index (κ2) is 6.51. The summed E-state index contributed by atoms with van der Waals surface area (Å²) in [5, 5.41) is 2.91. The Hall–Kier alpha value is -2.48. The van der Waals surface area contributed by atoms with E-state index in [0.29, 0.717) is 11.8 Å². The molecule has 3 aliphatic carbocycles. The number of hydrogen-bond donors (Lipinski definition) is 1. The second-order valence-corrected chi connectivity index (χ2v) is 9.52. The highest BCUT2D eigenvalue weighted by Gasteiger charge is 2.78. The molecule has 162 valence electrons. The zero-order valence-electron chi connectivity index (χ0n) is 18.5. The van der Waals surface area contributed by atoms with Gasteiger partial charge < -0.3 is 19.7 Å². The van der Waals surface area contributed by atoms with Gasteiger partial charge in [0.1, 0.15) is 6.33 Å². The molecule has 2 saturated carbocycles. The quantitative estimate of drug-likeness (QED) is 0.701. The maximum absolute atomic E-state index is 12.7. The average molecular weight is 412 g/mol. The highest BCUT2D eigenvalue weighted by Crippen LogP contribution is 2.77. The molecule has 0 spiro atoms. The van der Waals surface area contributed by atoms with E-state index >= 15 is 0 Å². The summed E-state index contributed by atoms with van der Waals surface area (Å²) in [6.07, 6.45) is 8.86. The van der Waals surface area contributed by atoms with Crippen molar-refractivity contribution in [3.05, 3.63) is 24.3 Å². The van der Waals surface area contributed by atoms with Crippen LogP contribution in [0.2, 0.25) is 0 Å². The third-order valence-electron chi connectivity index (χ3n) is 7.60. The van der Waals surface area contributed by atoms with E-state index in [2.05, 4.69) is 63.8 Å². The van der Waals surface area contributed by atoms with Crippen molar-refractivity contribution in [3.63, 3.8) is 0 Å². The summed E-state index contributed by atoms with van der Waals surface area (Å²) in [6, 6.07) is 0. The van der Waals surface area contributed by atoms with E-state index in [1.807, 2.05) is 6.33 Å². The van der Waals surface area contributed by atoms with E-state index in [1.165, 1.54) is 5.57 Å². The maximum Gasteiger partial charge on any atom is 0.226 e. The fourth-order valence-electron chi connectivity index (χ4n) is 5.89. The van der Waals surface area contributed by atoms with Crippen LogP contribution in [0.25, 0.3) is 11.2 Å². The van der Waals surface area contributed by atoms with Crippen molar-refractivity contribution in [3.8, 4) is 0 Å². The minimum absolute atomic E-state index is 0. The van der Waals surface area contributed by atoms with Gasteiger partial charge in [0.15, 0.2) is 17.0 Å². The van der Waals surface area contributed by atoms with Crippen molar-refractivity contribution in [1.82, 2.24) is 29.7 Å². The molecule has 2 fully saturated rings. The second-order valence-electron chi connectivity index (χ2n) is 9.52. The van der Waals surface area contributed by atoms with Crippen LogP contribution in [-0.4, -0.2) is 71.6 Å². The highest BCUT2D eigenvalue weighted by molar-refractivity contribution is 5.89. The molecule has 8 heteroatoms. The van der Waals surface area contributed by atoms with E-state index in [4.69, 9.17) is 4.98 Å². The summed E-state index contributed by atoms with van der Waals surface area (Å²) < 4.78 is 2.22. The topological polar surface area (TPSA) is 79.2 Å². The lowest BCUT2D eigenvalue weighted by molar-refractivity contribution is -0.127. The summed E-state index contributed by atoms with van der Waals surface area (Å²) in [4.78, 5) is 31.0. The van der Waals surface area contributed by atoms with Crippen LogP contribution in [0, 0.1) is 17.3 Å². The van der Waals surface area contributed by atoms with Crippen LogP contribution < -0.4 is 10.2 Å². The lowest BCUT2D eigenvalue weighted by atomic mass is 9.84. The number of carbonyl (C=O) groups excluding carboxylic acids is 1. The van der Waals surface area contributed by atoms with Crippen LogP contribution in [0.15, 0.2) is 24.3 Å². The van der Waals surface area contributed by atoms with Gasteiger partial charge in [0.05, 0.1) is 17.3 Å². The molecule has 3 aliphatic rings. The van der Waals surface area contributed by atoms with Gasteiger partial charge >= 0.3 is 0 Å². The number of aromatic nitrogens is 4. The van der Waals surface area contributed by atoms with Gasteiger partial charge in [0.2, 0.25) is 5.91 Å². The van der Waals surface area contributed by atoms with Crippen molar-refractivity contribution in [2.75, 3.05) is 46.2 Å². The molecule has 2 aromatic heterocycles. The standard InChI is InChI=1S/C22H31N7O.H2/c1-14-9-15-10-21(15,20(30)23-2)16-11-22(14,16)29-13-26-17-18(24-12-25-19(17)29)28(5)8-6-7-27(3)4;/h9,12-13,15-16H,6-8,10-11H2,1-5H3,(H,23,30);1H. The Bertz CT molecular complexity index is 1050. The largest absolute Gasteiger partial charge is 0.359 e. The number of carbonyl (C=O) groups is 1. The number of rotatable bonds is 7. The Balaban J connectivity index is 0.00000231. The Morgan fingerprint density at radius 3 is 2.80 bits per heavy atom. The fourth-order valence-corrected chi connectivity index (χ4v) is 5.89. The van der Waals surface area contributed by atoms with E-state index in [0.717, 1.165) is 49.3 Å². The lowest BCUT2D eigenvalue weighted by Crippen LogP contribution is -2.37. The number of imidazole rings is 1. The van der Waals surface area contributed by atoms with E-state index < -0.39 is 0 Å². The van der Waals surface area contributed by atoms with Gasteiger partial charge in [-0.1, -0.05) is 11.6 Å². The molecular formula is C22H33N7O. The number of allylic oxidation sites excluding steroid dienone is 2. The first kappa shape index (κ1) is 19.5. The molecule has 1 N–H and O–H groups in total. The Labute approximate surface area is 178 Å². The maximum atomic E-state index is 12.7. The van der Waals surface area contributed by atoms with Gasteiger partial charge in [-0.3, -0.25) is 4.79 Å². The van der Waals surface area contributed by atoms with Crippen molar-refractivity contribution >= 4 is 22.9 Å². The molecule has 2 aromatic rings. The van der Waals surface area contributed by atoms with Gasteiger partial charge in [0, 0.05) is 28.0 Å². The third kappa shape index (κ3) is 2.49. The number of anilines is 1. The number of nitrogens with one attached hydrogen (secondary N) is 1. The molecule has 2 heterocycles. The summed E-state index contributed by atoms with van der Waals surface area (Å²) in [7, 11) is 7.99. The predicted molar refractivity (Wildman–Crippen MR) is 118 cm³/mol. The molecule has 0 aliphatic heterocycles. The van der Waals surface area contributed by atoms with Crippen molar-refractivity contribution in [1.29, 1.82) is 0 Å². The van der Waals surface area contributed by atoms with E-state index in [-0.39, 0.29) is 18.3 Å². The molecule has 0 saturated heterocycles. The van der Waals surface area contributed by atoms with Gasteiger partial charge in [0.25, 0.3) is 0 Å². The molecular weight excluding hydrogens is 378 g/mol. The lowest BCUT2D eigenvalue weighted by Gasteiger charge is -2.28. The molecule has 0 radical (unpaired) electrons. The minimum Gasteiger partial charge on any atom is -0.359 e. The van der Waals surface area contributed by atoms with Gasteiger partial charge in [-0.2, -0.15) is 0 Å². The zero-order chi connectivity index (χ0) is 21.3. The average Bonchev–Trinajstić information content (AvgIpc) is 3.60. The Morgan fingerprint density at radius 2 is 2.07 bits per heavy atom. The normalized spacial score (nSPS) is 31.2. The van der Waals surface area contributed by atoms with Gasteiger partial charge in [-0.05, 0) is 52.7 Å². The first-order valence-corrected chi connectivity index (χ1v) is 10.8. The first-order chi connectivity index (χ1) is 14.4. The summed E-state index contributed by atoms with van der Waals surface area (Å²) in [5.41, 5.74) is 2.62. The molecule has 5 rings (SSSR count). The van der Waals surface area contributed by atoms with Gasteiger partial charge in [-0.25, -0.2) is 15.0 Å². The molecule has 4 unspecified atom stereocenters. The molecule has 0 bridgehead atoms. The van der Waals surface area contributed by atoms with Crippen LogP contribution >= 0.6 is 0 Å². The minimum atomic E-state index is -0.246. The monoisotopic (exact) mass is 411 g/mol. The number of nitrogens with zero attached hydrogens (tertiary/aromatic N) is 6. The van der Waals surface area contributed by atoms with Crippen molar-refractivity contribution in [2.24, 2.45) is 17.3 Å². The predicted octanol–water partition coefficient (Wildman–Crippen LogP) is 1.89. The molecule has 4 atom stereocenters. The molecule has 30 heavy (non-hydrogen) atoms. The number of amides is 1. The Morgan fingerprint density at radius 1 is 1.27 bits per heavy atom. The molecule has 8 nitrogen and oxygen atoms in total. The van der Waals surface area contributed by atoms with Crippen LogP contribution in [0.3, 0.4) is 0 Å². The fraction of sp³-hybridized carbons (Fsp3) is 0.636. The van der Waals surface area contributed by atoms with Crippen LogP contribution in [0.1, 0.15) is 27.6 Å². The van der Waals surface area contributed by atoms with Crippen LogP contribution in [0.4, 0.5) is 5.82 Å². The first-order valence-electron chi connectivity index (χ1n) is 10.8. The van der Waals surface area contributed by atoms with Crippen LogP contribution in [-0.2, 0) is 10.3 Å². The van der Waals surface area contributed by atoms with Gasteiger partial charge in [-0.15, -0.1) is 0 Å². The summed E-state index contributed by atoms with van der Waals surface area (Å²) in [6.45, 7) is 4.14. The Kier molecular flexibility index (Phi) is 4.23. The summed E-state index contributed by atoms with van der Waals surface area (Å²) >= 11 is 0. The zero-order valence-corrected chi connectivity index (χ0v) is 18.5. The third-order valence-corrected chi connectivity index (χ3v) is 7.60. The SMILES string of the molecule is CNC(=O)C12CC1C=C(C)C1(n3cnc4c(N(C)CCCN(C)C)ncnc43)CC21.[HH]. The number of hydrogen-bond acceptors (Lipinski definition) is 6. The molecule has 1 amide bonds. The van der Waals surface area contributed by atoms with Crippen molar-refractivity contribution in [2.45, 2.75) is 31.7 Å². The smallest absolute Gasteiger partial charge is 0.226 e. The summed E-state index contributed by atoms with van der Waals surface area (Å²) in [5.74, 6) is 1.74. The number of fused-ring (bicyclic) bond motifs is 4.